The van der Waals surface area contributed by atoms with E-state index in [2.05, 4.69) is 15.2 Å². The largest absolute Gasteiger partial charge is 0.277 e. The number of hydrogen-bond donors (Lipinski definition) is 1. The quantitative estimate of drug-likeness (QED) is 0.723. The minimum absolute atomic E-state index is 0.0783. The van der Waals surface area contributed by atoms with Gasteiger partial charge < -0.3 is 0 Å². The molecule has 0 saturated carbocycles. The molecule has 0 atom stereocenters. The number of pyridine rings is 1. The maximum Gasteiger partial charge on any atom is 0.142 e. The van der Waals surface area contributed by atoms with Crippen LogP contribution in [0.5, 0.6) is 0 Å². The van der Waals surface area contributed by atoms with E-state index in [0.29, 0.717) is 11.4 Å². The number of hydrogen-bond acceptors (Lipinski definition) is 2. The topological polar surface area (TPSA) is 41.6 Å². The fraction of sp³-hybridized carbons (Fsp3) is 0. The van der Waals surface area contributed by atoms with E-state index in [9.17, 15) is 8.78 Å². The van der Waals surface area contributed by atoms with Crippen molar-refractivity contribution in [1.82, 2.24) is 15.2 Å². The predicted octanol–water partition coefficient (Wildman–Crippen LogP) is 4.07. The lowest BCUT2D eigenvalue weighted by molar-refractivity contribution is 0.603. The Morgan fingerprint density at radius 2 is 1.95 bits per heavy atom. The van der Waals surface area contributed by atoms with Crippen LogP contribution in [0.4, 0.5) is 8.78 Å². The number of aromatic amines is 1. The highest BCUT2D eigenvalue weighted by Crippen LogP contribution is 2.28. The highest BCUT2D eigenvalue weighted by atomic mass is 35.5. The van der Waals surface area contributed by atoms with Gasteiger partial charge in [-0.15, -0.1) is 0 Å². The van der Waals surface area contributed by atoms with E-state index < -0.39 is 11.6 Å². The van der Waals surface area contributed by atoms with Gasteiger partial charge in [-0.05, 0) is 30.3 Å². The Bertz CT molecular complexity index is 756. The van der Waals surface area contributed by atoms with Gasteiger partial charge in [-0.1, -0.05) is 11.6 Å². The van der Waals surface area contributed by atoms with Crippen LogP contribution < -0.4 is 0 Å². The van der Waals surface area contributed by atoms with E-state index in [4.69, 9.17) is 11.6 Å². The molecule has 3 nitrogen and oxygen atoms in total. The summed E-state index contributed by atoms with van der Waals surface area (Å²) in [4.78, 5) is 3.98. The van der Waals surface area contributed by atoms with Crippen molar-refractivity contribution in [2.24, 2.45) is 0 Å². The summed E-state index contributed by atoms with van der Waals surface area (Å²) in [5.41, 5.74) is 1.83. The van der Waals surface area contributed by atoms with Crippen molar-refractivity contribution in [3.8, 4) is 22.5 Å². The Morgan fingerprint density at radius 1 is 1.10 bits per heavy atom. The number of aromatic nitrogens is 3. The molecule has 1 aromatic carbocycles. The number of nitrogens with one attached hydrogen (secondary N) is 1. The van der Waals surface area contributed by atoms with Crippen molar-refractivity contribution in [2.45, 2.75) is 0 Å². The minimum atomic E-state index is -0.680. The zero-order valence-corrected chi connectivity index (χ0v) is 10.8. The molecule has 3 aromatic rings. The molecule has 0 spiro atoms. The Hall–Kier alpha value is -2.27. The van der Waals surface area contributed by atoms with Crippen LogP contribution in [-0.2, 0) is 0 Å². The van der Waals surface area contributed by atoms with Gasteiger partial charge in [0.15, 0.2) is 0 Å². The summed E-state index contributed by atoms with van der Waals surface area (Å²) in [5, 5.41) is 6.50. The molecule has 0 aliphatic heterocycles. The third-order valence-corrected chi connectivity index (χ3v) is 3.12. The number of halogens is 3. The molecular weight excluding hydrogens is 284 g/mol. The molecule has 100 valence electrons. The third-order valence-electron chi connectivity index (χ3n) is 2.84. The van der Waals surface area contributed by atoms with E-state index in [1.807, 2.05) is 6.07 Å². The van der Waals surface area contributed by atoms with Crippen LogP contribution in [0.1, 0.15) is 0 Å². The molecule has 0 aliphatic rings. The molecule has 0 amide bonds. The monoisotopic (exact) mass is 291 g/mol. The summed E-state index contributed by atoms with van der Waals surface area (Å²) < 4.78 is 27.2. The SMILES string of the molecule is Fc1cc(-c2cc(-c3cccnc3)n[nH]2)c(F)cc1Cl. The van der Waals surface area contributed by atoms with Crippen molar-refractivity contribution in [3.63, 3.8) is 0 Å². The molecule has 6 heteroatoms. The highest BCUT2D eigenvalue weighted by molar-refractivity contribution is 6.30. The molecule has 0 aliphatic carbocycles. The lowest BCUT2D eigenvalue weighted by Crippen LogP contribution is -1.88. The van der Waals surface area contributed by atoms with Gasteiger partial charge in [-0.3, -0.25) is 10.1 Å². The first-order valence-corrected chi connectivity index (χ1v) is 6.13. The van der Waals surface area contributed by atoms with Crippen LogP contribution >= 0.6 is 11.6 Å². The zero-order valence-electron chi connectivity index (χ0n) is 10.1. The molecule has 1 N–H and O–H groups in total. The normalized spacial score (nSPS) is 10.8. The number of H-pyrrole nitrogens is 1. The van der Waals surface area contributed by atoms with Crippen LogP contribution in [0.25, 0.3) is 22.5 Å². The molecule has 20 heavy (non-hydrogen) atoms. The summed E-state index contributed by atoms with van der Waals surface area (Å²) in [6, 6.07) is 7.20. The minimum Gasteiger partial charge on any atom is -0.277 e. The van der Waals surface area contributed by atoms with E-state index in [1.165, 1.54) is 0 Å². The van der Waals surface area contributed by atoms with E-state index in [-0.39, 0.29) is 10.6 Å². The second-order valence-corrected chi connectivity index (χ2v) is 4.56. The summed E-state index contributed by atoms with van der Waals surface area (Å²) >= 11 is 5.53. The fourth-order valence-corrected chi connectivity index (χ4v) is 2.00. The van der Waals surface area contributed by atoms with Crippen molar-refractivity contribution < 1.29 is 8.78 Å². The molecule has 2 heterocycles. The van der Waals surface area contributed by atoms with Crippen LogP contribution in [-0.4, -0.2) is 15.2 Å². The molecule has 0 unspecified atom stereocenters. The molecule has 0 bridgehead atoms. The number of benzene rings is 1. The van der Waals surface area contributed by atoms with Crippen LogP contribution in [0.3, 0.4) is 0 Å². The first-order valence-electron chi connectivity index (χ1n) is 5.76. The molecule has 3 rings (SSSR count). The lowest BCUT2D eigenvalue weighted by atomic mass is 10.1. The Morgan fingerprint density at radius 3 is 2.70 bits per heavy atom. The second kappa shape index (κ2) is 5.02. The van der Waals surface area contributed by atoms with E-state index in [1.54, 1.807) is 24.5 Å². The Balaban J connectivity index is 2.05. The van der Waals surface area contributed by atoms with Gasteiger partial charge >= 0.3 is 0 Å². The lowest BCUT2D eigenvalue weighted by Gasteiger charge is -2.01. The maximum absolute atomic E-state index is 13.8. The van der Waals surface area contributed by atoms with Crippen molar-refractivity contribution in [1.29, 1.82) is 0 Å². The van der Waals surface area contributed by atoms with Gasteiger partial charge in [0.05, 0.1) is 16.4 Å². The Labute approximate surface area is 118 Å². The van der Waals surface area contributed by atoms with Crippen molar-refractivity contribution >= 4 is 11.6 Å². The van der Waals surface area contributed by atoms with Gasteiger partial charge in [-0.2, -0.15) is 5.10 Å². The third kappa shape index (κ3) is 2.28. The van der Waals surface area contributed by atoms with Gasteiger partial charge in [0, 0.05) is 23.5 Å². The van der Waals surface area contributed by atoms with Gasteiger partial charge in [0.25, 0.3) is 0 Å². The average Bonchev–Trinajstić information content (AvgIpc) is 2.93. The molecule has 0 saturated heterocycles. The second-order valence-electron chi connectivity index (χ2n) is 4.15. The summed E-state index contributed by atoms with van der Waals surface area (Å²) in [6.45, 7) is 0. The molecule has 0 fully saturated rings. The van der Waals surface area contributed by atoms with Gasteiger partial charge in [0.1, 0.15) is 11.6 Å². The first-order chi connectivity index (χ1) is 9.65. The van der Waals surface area contributed by atoms with Crippen molar-refractivity contribution in [2.75, 3.05) is 0 Å². The van der Waals surface area contributed by atoms with Crippen LogP contribution in [0.2, 0.25) is 5.02 Å². The Kier molecular flexibility index (Phi) is 3.20. The molecule has 2 aromatic heterocycles. The number of rotatable bonds is 2. The van der Waals surface area contributed by atoms with Crippen LogP contribution in [0, 0.1) is 11.6 Å². The average molecular weight is 292 g/mol. The van der Waals surface area contributed by atoms with Crippen LogP contribution in [0.15, 0.2) is 42.7 Å². The number of nitrogens with zero attached hydrogens (tertiary/aromatic N) is 2. The first kappa shape index (κ1) is 12.7. The van der Waals surface area contributed by atoms with E-state index in [0.717, 1.165) is 17.7 Å². The molecular formula is C14H8ClF2N3. The zero-order chi connectivity index (χ0) is 14.1. The highest BCUT2D eigenvalue weighted by Gasteiger charge is 2.13. The smallest absolute Gasteiger partial charge is 0.142 e. The fourth-order valence-electron chi connectivity index (χ4n) is 1.85. The van der Waals surface area contributed by atoms with Crippen molar-refractivity contribution in [3.05, 3.63) is 59.4 Å². The van der Waals surface area contributed by atoms with Gasteiger partial charge in [0.2, 0.25) is 0 Å². The molecule has 0 radical (unpaired) electrons. The predicted molar refractivity (Wildman–Crippen MR) is 72.2 cm³/mol. The maximum atomic E-state index is 13.8. The summed E-state index contributed by atoms with van der Waals surface area (Å²) in [7, 11) is 0. The van der Waals surface area contributed by atoms with Gasteiger partial charge in [-0.25, -0.2) is 8.78 Å². The summed E-state index contributed by atoms with van der Waals surface area (Å²) in [5.74, 6) is -1.29. The standard InChI is InChI=1S/C14H8ClF2N3/c15-10-5-11(16)9(4-12(10)17)14-6-13(19-20-14)8-2-1-3-18-7-8/h1-7H,(H,19,20). The van der Waals surface area contributed by atoms with E-state index >= 15 is 0 Å². The summed E-state index contributed by atoms with van der Waals surface area (Å²) in [6.07, 6.45) is 3.28.